The molecule has 126 valence electrons. The lowest BCUT2D eigenvalue weighted by molar-refractivity contribution is -0.170. The summed E-state index contributed by atoms with van der Waals surface area (Å²) in [7, 11) is 0. The number of amides is 1. The van der Waals surface area contributed by atoms with E-state index in [1.807, 2.05) is 6.92 Å². The Morgan fingerprint density at radius 2 is 1.95 bits per heavy atom. The van der Waals surface area contributed by atoms with Crippen LogP contribution in [0.5, 0.6) is 0 Å². The average Bonchev–Trinajstić information content (AvgIpc) is 3.27. The van der Waals surface area contributed by atoms with E-state index in [0.717, 1.165) is 12.3 Å². The lowest BCUT2D eigenvalue weighted by Crippen LogP contribution is -2.76. The molecule has 22 heavy (non-hydrogen) atoms. The van der Waals surface area contributed by atoms with Crippen LogP contribution in [0.15, 0.2) is 0 Å². The minimum Gasteiger partial charge on any atom is -0.378 e. The zero-order valence-corrected chi connectivity index (χ0v) is 14.4. The maximum atomic E-state index is 12.7. The van der Waals surface area contributed by atoms with Gasteiger partial charge in [0, 0.05) is 24.5 Å². The zero-order chi connectivity index (χ0) is 16.0. The first kappa shape index (κ1) is 16.3. The van der Waals surface area contributed by atoms with Gasteiger partial charge < -0.3 is 15.8 Å². The molecule has 0 heterocycles. The number of nitrogens with one attached hydrogen (secondary N) is 1. The molecule has 0 saturated heterocycles. The molecule has 0 aliphatic heterocycles. The number of ether oxygens (including phenoxy) is 1. The van der Waals surface area contributed by atoms with Crippen molar-refractivity contribution in [1.29, 1.82) is 0 Å². The number of carbonyl (C=O) groups is 1. The van der Waals surface area contributed by atoms with Crippen molar-refractivity contribution in [2.24, 2.45) is 23.0 Å². The smallest absolute Gasteiger partial charge is 0.241 e. The van der Waals surface area contributed by atoms with Gasteiger partial charge in [-0.15, -0.1) is 0 Å². The van der Waals surface area contributed by atoms with Crippen LogP contribution in [-0.2, 0) is 9.53 Å². The van der Waals surface area contributed by atoms with Gasteiger partial charge >= 0.3 is 0 Å². The normalized spacial score (nSPS) is 40.8. The first-order valence-electron chi connectivity index (χ1n) is 9.11. The molecule has 4 unspecified atom stereocenters. The van der Waals surface area contributed by atoms with Crippen molar-refractivity contribution in [2.45, 2.75) is 83.4 Å². The largest absolute Gasteiger partial charge is 0.378 e. The third kappa shape index (κ3) is 2.58. The summed E-state index contributed by atoms with van der Waals surface area (Å²) >= 11 is 0. The summed E-state index contributed by atoms with van der Waals surface area (Å²) in [6, 6.07) is 0.373. The van der Waals surface area contributed by atoms with Crippen molar-refractivity contribution in [3.63, 3.8) is 0 Å². The molecule has 4 atom stereocenters. The highest BCUT2D eigenvalue weighted by molar-refractivity contribution is 5.89. The van der Waals surface area contributed by atoms with E-state index in [9.17, 15) is 4.79 Å². The molecule has 4 nitrogen and oxygen atoms in total. The van der Waals surface area contributed by atoms with Crippen LogP contribution in [0, 0.1) is 17.3 Å². The molecule has 0 bridgehead atoms. The van der Waals surface area contributed by atoms with Gasteiger partial charge in [0.1, 0.15) is 5.54 Å². The summed E-state index contributed by atoms with van der Waals surface area (Å²) in [5.74, 6) is 1.58. The highest BCUT2D eigenvalue weighted by atomic mass is 16.5. The van der Waals surface area contributed by atoms with Gasteiger partial charge in [0.2, 0.25) is 5.91 Å². The molecule has 3 N–H and O–H groups in total. The van der Waals surface area contributed by atoms with Gasteiger partial charge in [-0.3, -0.25) is 4.79 Å². The third-order valence-electron chi connectivity index (χ3n) is 6.65. The van der Waals surface area contributed by atoms with E-state index in [4.69, 9.17) is 10.5 Å². The van der Waals surface area contributed by atoms with E-state index < -0.39 is 5.54 Å². The quantitative estimate of drug-likeness (QED) is 0.820. The topological polar surface area (TPSA) is 64.3 Å². The second-order valence-electron chi connectivity index (χ2n) is 8.22. The van der Waals surface area contributed by atoms with Crippen LogP contribution < -0.4 is 11.1 Å². The number of rotatable bonds is 5. The molecule has 0 aromatic rings. The Morgan fingerprint density at radius 1 is 1.27 bits per heavy atom. The first-order valence-corrected chi connectivity index (χ1v) is 9.11. The molecular weight excluding hydrogens is 276 g/mol. The molecule has 0 radical (unpaired) electrons. The predicted octanol–water partition coefficient (Wildman–Crippen LogP) is 2.60. The van der Waals surface area contributed by atoms with Crippen LogP contribution >= 0.6 is 0 Å². The number of hydrogen-bond donors (Lipinski definition) is 2. The van der Waals surface area contributed by atoms with Crippen molar-refractivity contribution in [3.8, 4) is 0 Å². The van der Waals surface area contributed by atoms with E-state index in [1.165, 1.54) is 32.1 Å². The van der Waals surface area contributed by atoms with Crippen LogP contribution in [-0.4, -0.2) is 30.2 Å². The molecule has 3 saturated carbocycles. The summed E-state index contributed by atoms with van der Waals surface area (Å²) in [6.45, 7) is 6.79. The minimum atomic E-state index is -0.771. The Hall–Kier alpha value is -0.610. The number of carbonyl (C=O) groups excluding carboxylic acids is 1. The summed E-state index contributed by atoms with van der Waals surface area (Å²) in [6.07, 6.45) is 8.71. The molecular formula is C18H32N2O2. The molecule has 0 aromatic carbocycles. The Balaban J connectivity index is 1.53. The molecule has 0 aromatic heterocycles. The summed E-state index contributed by atoms with van der Waals surface area (Å²) in [4.78, 5) is 12.7. The van der Waals surface area contributed by atoms with Gasteiger partial charge in [-0.05, 0) is 25.2 Å². The number of hydrogen-bond acceptors (Lipinski definition) is 3. The minimum absolute atomic E-state index is 0.0387. The molecule has 3 aliphatic rings. The van der Waals surface area contributed by atoms with E-state index in [1.54, 1.807) is 0 Å². The third-order valence-corrected chi connectivity index (χ3v) is 6.65. The average molecular weight is 308 g/mol. The van der Waals surface area contributed by atoms with Crippen LogP contribution in [0.4, 0.5) is 0 Å². The van der Waals surface area contributed by atoms with Gasteiger partial charge in [0.25, 0.3) is 0 Å². The monoisotopic (exact) mass is 308 g/mol. The lowest BCUT2D eigenvalue weighted by Gasteiger charge is -2.57. The summed E-state index contributed by atoms with van der Waals surface area (Å²) in [5.41, 5.74) is 5.39. The summed E-state index contributed by atoms with van der Waals surface area (Å²) < 4.78 is 5.72. The van der Waals surface area contributed by atoms with Gasteiger partial charge in [0.15, 0.2) is 0 Å². The van der Waals surface area contributed by atoms with Crippen molar-refractivity contribution in [2.75, 3.05) is 6.61 Å². The van der Waals surface area contributed by atoms with Crippen LogP contribution in [0.1, 0.15) is 65.7 Å². The number of nitrogens with two attached hydrogens (primary N) is 1. The van der Waals surface area contributed by atoms with Gasteiger partial charge in [-0.2, -0.15) is 0 Å². The zero-order valence-electron chi connectivity index (χ0n) is 14.4. The van der Waals surface area contributed by atoms with Gasteiger partial charge in [-0.25, -0.2) is 0 Å². The fourth-order valence-electron chi connectivity index (χ4n) is 4.58. The Kier molecular flexibility index (Phi) is 4.28. The molecule has 4 heteroatoms. The van der Waals surface area contributed by atoms with Crippen molar-refractivity contribution < 1.29 is 9.53 Å². The van der Waals surface area contributed by atoms with Crippen molar-refractivity contribution >= 4 is 5.91 Å². The lowest BCUT2D eigenvalue weighted by atomic mass is 9.54. The van der Waals surface area contributed by atoms with E-state index in [0.29, 0.717) is 25.0 Å². The Labute approximate surface area is 134 Å². The van der Waals surface area contributed by atoms with Crippen LogP contribution in [0.25, 0.3) is 0 Å². The van der Waals surface area contributed by atoms with Gasteiger partial charge in [0.05, 0.1) is 6.10 Å². The predicted molar refractivity (Wildman–Crippen MR) is 87.3 cm³/mol. The van der Waals surface area contributed by atoms with Gasteiger partial charge in [-0.1, -0.05) is 46.0 Å². The van der Waals surface area contributed by atoms with Crippen LogP contribution in [0.3, 0.4) is 0 Å². The highest BCUT2D eigenvalue weighted by Crippen LogP contribution is 2.51. The Morgan fingerprint density at radius 3 is 2.55 bits per heavy atom. The first-order chi connectivity index (χ1) is 10.4. The van der Waals surface area contributed by atoms with Crippen molar-refractivity contribution in [1.82, 2.24) is 5.32 Å². The van der Waals surface area contributed by atoms with Crippen LogP contribution in [0.2, 0.25) is 0 Å². The second-order valence-corrected chi connectivity index (χ2v) is 8.22. The van der Waals surface area contributed by atoms with E-state index >= 15 is 0 Å². The Bertz CT molecular complexity index is 431. The maximum Gasteiger partial charge on any atom is 0.241 e. The SMILES string of the molecule is CCOC1CC(N)(C(=O)NC2CC2C2CCCCC2)C1(C)C. The summed E-state index contributed by atoms with van der Waals surface area (Å²) in [5, 5.41) is 3.24. The molecule has 1 amide bonds. The molecule has 3 fully saturated rings. The fourth-order valence-corrected chi connectivity index (χ4v) is 4.58. The van der Waals surface area contributed by atoms with E-state index in [2.05, 4.69) is 19.2 Å². The maximum absolute atomic E-state index is 12.7. The standard InChI is InChI=1S/C18H32N2O2/c1-4-22-15-11-18(19,17(15,2)3)16(21)20-14-10-13(14)12-8-6-5-7-9-12/h12-15H,4-11,19H2,1-3H3,(H,20,21). The molecule has 3 aliphatic carbocycles. The molecule has 3 rings (SSSR count). The highest BCUT2D eigenvalue weighted by Gasteiger charge is 2.63. The second kappa shape index (κ2) is 5.79. The van der Waals surface area contributed by atoms with Crippen molar-refractivity contribution in [3.05, 3.63) is 0 Å². The fraction of sp³-hybridized carbons (Fsp3) is 0.944. The molecule has 0 spiro atoms. The van der Waals surface area contributed by atoms with E-state index in [-0.39, 0.29) is 17.4 Å².